The van der Waals surface area contributed by atoms with Crippen molar-refractivity contribution in [2.24, 2.45) is 28.6 Å². The van der Waals surface area contributed by atoms with Gasteiger partial charge in [-0.05, 0) is 55.9 Å². The van der Waals surface area contributed by atoms with Gasteiger partial charge in [-0.2, -0.15) is 0 Å². The van der Waals surface area contributed by atoms with Gasteiger partial charge >= 0.3 is 5.97 Å². The molecule has 2 saturated carbocycles. The van der Waals surface area contributed by atoms with E-state index >= 15 is 0 Å². The molecule has 140 valence electrons. The molecule has 5 nitrogen and oxygen atoms in total. The topological polar surface area (TPSA) is 98.0 Å². The van der Waals surface area contributed by atoms with Crippen LogP contribution in [-0.4, -0.2) is 44.7 Å². The fraction of sp³-hybridized carbons (Fsp3) is 0.750. The lowest BCUT2D eigenvalue weighted by molar-refractivity contribution is -0.266. The number of rotatable bonds is 2. The highest BCUT2D eigenvalue weighted by Crippen LogP contribution is 2.65. The van der Waals surface area contributed by atoms with Crippen LogP contribution in [0.1, 0.15) is 46.5 Å². The van der Waals surface area contributed by atoms with E-state index in [1.165, 1.54) is 6.92 Å². The summed E-state index contributed by atoms with van der Waals surface area (Å²) in [5.74, 6) is -0.503. The van der Waals surface area contributed by atoms with Crippen molar-refractivity contribution in [3.05, 3.63) is 23.8 Å². The van der Waals surface area contributed by atoms with Gasteiger partial charge in [0.1, 0.15) is 5.41 Å². The summed E-state index contributed by atoms with van der Waals surface area (Å²) < 4.78 is 0. The molecule has 0 saturated heterocycles. The molecular formula is C20H30O5. The highest BCUT2D eigenvalue weighted by molar-refractivity contribution is 5.77. The van der Waals surface area contributed by atoms with Gasteiger partial charge < -0.3 is 20.4 Å². The molecule has 3 aliphatic rings. The number of aliphatic hydroxyl groups is 3. The summed E-state index contributed by atoms with van der Waals surface area (Å²) in [5, 5.41) is 41.3. The van der Waals surface area contributed by atoms with Gasteiger partial charge in [0, 0.05) is 5.41 Å². The van der Waals surface area contributed by atoms with Gasteiger partial charge in [0.15, 0.2) is 0 Å². The SMILES string of the molecule is C[C@@H]1/C(=C/CO)C=C[C@H]2[C@@H]1CC[C@]1(O)[C@@](C)(C(=O)O)[C@H](O)CC[C@]21C. The predicted octanol–water partition coefficient (Wildman–Crippen LogP) is 2.12. The minimum absolute atomic E-state index is 0.00584. The Morgan fingerprint density at radius 3 is 2.60 bits per heavy atom. The van der Waals surface area contributed by atoms with Crippen LogP contribution in [-0.2, 0) is 4.79 Å². The maximum Gasteiger partial charge on any atom is 0.314 e. The van der Waals surface area contributed by atoms with Gasteiger partial charge in [-0.25, -0.2) is 0 Å². The smallest absolute Gasteiger partial charge is 0.314 e. The predicted molar refractivity (Wildman–Crippen MR) is 93.7 cm³/mol. The molecule has 0 amide bonds. The zero-order chi connectivity index (χ0) is 18.6. The van der Waals surface area contributed by atoms with Crippen LogP contribution < -0.4 is 0 Å². The van der Waals surface area contributed by atoms with E-state index < -0.39 is 28.5 Å². The Labute approximate surface area is 149 Å². The number of allylic oxidation sites excluding steroid dienone is 3. The minimum Gasteiger partial charge on any atom is -0.481 e. The summed E-state index contributed by atoms with van der Waals surface area (Å²) in [4.78, 5) is 12.1. The molecule has 4 N–H and O–H groups in total. The zero-order valence-corrected chi connectivity index (χ0v) is 15.3. The van der Waals surface area contributed by atoms with Crippen molar-refractivity contribution in [1.29, 1.82) is 0 Å². The van der Waals surface area contributed by atoms with Crippen LogP contribution in [0.15, 0.2) is 23.8 Å². The monoisotopic (exact) mass is 350 g/mol. The molecular weight excluding hydrogens is 320 g/mol. The van der Waals surface area contributed by atoms with Gasteiger partial charge in [-0.15, -0.1) is 0 Å². The van der Waals surface area contributed by atoms with Crippen LogP contribution in [0.5, 0.6) is 0 Å². The fourth-order valence-corrected chi connectivity index (χ4v) is 6.02. The van der Waals surface area contributed by atoms with Crippen LogP contribution in [0.2, 0.25) is 0 Å². The molecule has 25 heavy (non-hydrogen) atoms. The molecule has 3 aliphatic carbocycles. The molecule has 7 atom stereocenters. The van der Waals surface area contributed by atoms with E-state index in [4.69, 9.17) is 0 Å². The number of carboxylic acid groups (broad SMARTS) is 1. The number of hydrogen-bond acceptors (Lipinski definition) is 4. The van der Waals surface area contributed by atoms with Crippen molar-refractivity contribution in [2.45, 2.75) is 58.2 Å². The van der Waals surface area contributed by atoms with E-state index in [0.717, 1.165) is 5.57 Å². The molecule has 0 spiro atoms. The van der Waals surface area contributed by atoms with E-state index in [0.29, 0.717) is 31.6 Å². The lowest BCUT2D eigenvalue weighted by Gasteiger charge is -2.65. The third-order valence-electron chi connectivity index (χ3n) is 7.88. The highest BCUT2D eigenvalue weighted by Gasteiger charge is 2.71. The second-order valence-corrected chi connectivity index (χ2v) is 8.60. The molecule has 0 aliphatic heterocycles. The Hall–Kier alpha value is -1.17. The van der Waals surface area contributed by atoms with E-state index in [2.05, 4.69) is 13.0 Å². The van der Waals surface area contributed by atoms with E-state index in [9.17, 15) is 25.2 Å². The number of aliphatic carboxylic acids is 1. The normalized spacial score (nSPS) is 51.0. The molecule has 0 unspecified atom stereocenters. The first-order valence-corrected chi connectivity index (χ1v) is 9.26. The largest absolute Gasteiger partial charge is 0.481 e. The Morgan fingerprint density at radius 2 is 2.00 bits per heavy atom. The molecule has 3 rings (SSSR count). The van der Waals surface area contributed by atoms with Crippen molar-refractivity contribution in [1.82, 2.24) is 0 Å². The van der Waals surface area contributed by atoms with E-state index in [-0.39, 0.29) is 18.4 Å². The average molecular weight is 350 g/mol. The summed E-state index contributed by atoms with van der Waals surface area (Å²) in [7, 11) is 0. The lowest BCUT2D eigenvalue weighted by Crippen LogP contribution is -2.72. The highest BCUT2D eigenvalue weighted by atomic mass is 16.4. The van der Waals surface area contributed by atoms with Gasteiger partial charge in [0.25, 0.3) is 0 Å². The zero-order valence-electron chi connectivity index (χ0n) is 15.3. The second-order valence-electron chi connectivity index (χ2n) is 8.60. The Kier molecular flexibility index (Phi) is 4.42. The van der Waals surface area contributed by atoms with Crippen LogP contribution in [0, 0.1) is 28.6 Å². The molecule has 5 heteroatoms. The van der Waals surface area contributed by atoms with E-state index in [1.54, 1.807) is 0 Å². The van der Waals surface area contributed by atoms with Crippen molar-refractivity contribution in [2.75, 3.05) is 6.61 Å². The Morgan fingerprint density at radius 1 is 1.32 bits per heavy atom. The minimum atomic E-state index is -1.57. The molecule has 0 heterocycles. The van der Waals surface area contributed by atoms with Crippen molar-refractivity contribution in [3.63, 3.8) is 0 Å². The molecule has 0 aromatic carbocycles. The van der Waals surface area contributed by atoms with Crippen molar-refractivity contribution < 1.29 is 25.2 Å². The number of carbonyl (C=O) groups is 1. The maximum absolute atomic E-state index is 12.1. The molecule has 0 radical (unpaired) electrons. The van der Waals surface area contributed by atoms with Gasteiger partial charge in [0.2, 0.25) is 0 Å². The molecule has 0 aromatic rings. The summed E-state index contributed by atoms with van der Waals surface area (Å²) in [5.41, 5.74) is -2.51. The third-order valence-corrected chi connectivity index (χ3v) is 7.88. The summed E-state index contributed by atoms with van der Waals surface area (Å²) >= 11 is 0. The lowest BCUT2D eigenvalue weighted by atomic mass is 9.41. The maximum atomic E-state index is 12.1. The third kappa shape index (κ3) is 2.22. The number of fused-ring (bicyclic) bond motifs is 3. The Balaban J connectivity index is 2.09. The summed E-state index contributed by atoms with van der Waals surface area (Å²) in [6.07, 6.45) is 6.95. The van der Waals surface area contributed by atoms with Gasteiger partial charge in [0.05, 0.1) is 18.3 Å². The van der Waals surface area contributed by atoms with Crippen LogP contribution in [0.3, 0.4) is 0 Å². The van der Waals surface area contributed by atoms with Crippen LogP contribution in [0.4, 0.5) is 0 Å². The molecule has 0 bridgehead atoms. The van der Waals surface area contributed by atoms with Gasteiger partial charge in [-0.1, -0.05) is 32.1 Å². The standard InChI is InChI=1S/C20H30O5/c1-12-13(8-11-21)4-5-15-14(12)6-10-20(25)18(15,2)9-7-16(22)19(20,3)17(23)24/h4-5,8,12,14-16,21-22,25H,6-7,9-11H2,1-3H3,(H,23,24)/b13-8+/t12-,14-,15+,16-,18-,19-,20-/m1/s1. The second kappa shape index (κ2) is 5.93. The first kappa shape index (κ1) is 18.6. The number of hydrogen-bond donors (Lipinski definition) is 4. The van der Waals surface area contributed by atoms with Crippen molar-refractivity contribution >= 4 is 5.97 Å². The summed E-state index contributed by atoms with van der Waals surface area (Å²) in [6.45, 7) is 5.65. The quantitative estimate of drug-likeness (QED) is 0.611. The first-order chi connectivity index (χ1) is 11.6. The number of carboxylic acids is 1. The summed E-state index contributed by atoms with van der Waals surface area (Å²) in [6, 6.07) is 0. The fourth-order valence-electron chi connectivity index (χ4n) is 6.02. The molecule has 2 fully saturated rings. The van der Waals surface area contributed by atoms with Crippen LogP contribution in [0.25, 0.3) is 0 Å². The van der Waals surface area contributed by atoms with Gasteiger partial charge in [-0.3, -0.25) is 4.79 Å². The van der Waals surface area contributed by atoms with Crippen molar-refractivity contribution in [3.8, 4) is 0 Å². The Bertz CT molecular complexity index is 626. The van der Waals surface area contributed by atoms with Crippen LogP contribution >= 0.6 is 0 Å². The first-order valence-electron chi connectivity index (χ1n) is 9.26. The average Bonchev–Trinajstić information content (AvgIpc) is 2.56. The van der Waals surface area contributed by atoms with E-state index in [1.807, 2.05) is 19.1 Å². The molecule has 0 aromatic heterocycles. The number of aliphatic hydroxyl groups excluding tert-OH is 2.